The van der Waals surface area contributed by atoms with E-state index in [9.17, 15) is 9.59 Å². The Hall–Kier alpha value is -3.09. The van der Waals surface area contributed by atoms with Gasteiger partial charge in [0.25, 0.3) is 0 Å². The molecule has 0 aliphatic heterocycles. The van der Waals surface area contributed by atoms with Crippen molar-refractivity contribution in [1.82, 2.24) is 4.98 Å². The molecule has 0 saturated heterocycles. The normalized spacial score (nSPS) is 13.9. The fourth-order valence-corrected chi connectivity index (χ4v) is 3.78. The van der Waals surface area contributed by atoms with Crippen LogP contribution in [0.5, 0.6) is 17.2 Å². The average Bonchev–Trinajstić information content (AvgIpc) is 2.82. The number of nitrogens with one attached hydrogen (secondary N) is 1. The summed E-state index contributed by atoms with van der Waals surface area (Å²) in [6.45, 7) is 2.51. The number of ether oxygens (including phenoxy) is 3. The Morgan fingerprint density at radius 2 is 1.88 bits per heavy atom. The molecule has 1 saturated carbocycles. The maximum absolute atomic E-state index is 12.4. The molecule has 1 aliphatic rings. The van der Waals surface area contributed by atoms with Crippen LogP contribution in [0.25, 0.3) is 0 Å². The zero-order chi connectivity index (χ0) is 22.8. The van der Waals surface area contributed by atoms with Gasteiger partial charge in [0.05, 0.1) is 20.3 Å². The number of methoxy groups -OCH3 is 1. The fraction of sp³-hybridized carbons (Fsp3) is 0.480. The Labute approximate surface area is 189 Å². The molecule has 0 unspecified atom stereocenters. The molecule has 3 rings (SSSR count). The van der Waals surface area contributed by atoms with Crippen LogP contribution in [0, 0.1) is 5.92 Å². The molecule has 1 aromatic heterocycles. The predicted octanol–water partition coefficient (Wildman–Crippen LogP) is 5.05. The van der Waals surface area contributed by atoms with E-state index >= 15 is 0 Å². The first kappa shape index (κ1) is 23.6. The number of ketones is 1. The van der Waals surface area contributed by atoms with Crippen molar-refractivity contribution < 1.29 is 23.8 Å². The summed E-state index contributed by atoms with van der Waals surface area (Å²) in [4.78, 5) is 28.2. The Balaban J connectivity index is 1.45. The Bertz CT molecular complexity index is 909. The molecular weight excluding hydrogens is 408 g/mol. The van der Waals surface area contributed by atoms with Crippen LogP contribution in [-0.4, -0.2) is 37.0 Å². The highest BCUT2D eigenvalue weighted by molar-refractivity contribution is 5.94. The number of aromatic nitrogens is 1. The first-order valence-corrected chi connectivity index (χ1v) is 11.3. The van der Waals surface area contributed by atoms with Crippen molar-refractivity contribution in [2.45, 2.75) is 51.9 Å². The van der Waals surface area contributed by atoms with Crippen LogP contribution in [-0.2, 0) is 4.79 Å². The number of anilines is 1. The van der Waals surface area contributed by atoms with Crippen molar-refractivity contribution in [3.8, 4) is 17.2 Å². The van der Waals surface area contributed by atoms with Crippen molar-refractivity contribution in [1.29, 1.82) is 0 Å². The SMILES string of the molecule is COc1cc(C(C)=O)ccc1OCCCC(=O)Nc1ncccc1OCC1CCCCC1. The minimum absolute atomic E-state index is 0.0388. The molecule has 1 heterocycles. The van der Waals surface area contributed by atoms with E-state index in [2.05, 4.69) is 10.3 Å². The second kappa shape index (κ2) is 12.1. The lowest BCUT2D eigenvalue weighted by atomic mass is 9.90. The smallest absolute Gasteiger partial charge is 0.225 e. The van der Waals surface area contributed by atoms with E-state index < -0.39 is 0 Å². The Kier molecular flexibility index (Phi) is 8.90. The molecule has 32 heavy (non-hydrogen) atoms. The Morgan fingerprint density at radius 1 is 1.06 bits per heavy atom. The summed E-state index contributed by atoms with van der Waals surface area (Å²) in [5, 5.41) is 2.85. The molecule has 172 valence electrons. The van der Waals surface area contributed by atoms with Crippen LogP contribution in [0.15, 0.2) is 36.5 Å². The molecule has 7 nitrogen and oxygen atoms in total. The highest BCUT2D eigenvalue weighted by atomic mass is 16.5. The minimum Gasteiger partial charge on any atom is -0.493 e. The van der Waals surface area contributed by atoms with E-state index in [1.54, 1.807) is 24.4 Å². The molecular formula is C25H32N2O5. The van der Waals surface area contributed by atoms with Crippen molar-refractivity contribution in [2.24, 2.45) is 5.92 Å². The van der Waals surface area contributed by atoms with E-state index in [-0.39, 0.29) is 18.1 Å². The number of amides is 1. The molecule has 1 aromatic carbocycles. The van der Waals surface area contributed by atoms with Crippen LogP contribution in [0.2, 0.25) is 0 Å². The van der Waals surface area contributed by atoms with Gasteiger partial charge in [0, 0.05) is 18.2 Å². The third-order valence-corrected chi connectivity index (χ3v) is 5.60. The van der Waals surface area contributed by atoms with Crippen molar-refractivity contribution >= 4 is 17.5 Å². The average molecular weight is 441 g/mol. The second-order valence-corrected chi connectivity index (χ2v) is 8.09. The predicted molar refractivity (Wildman–Crippen MR) is 123 cm³/mol. The van der Waals surface area contributed by atoms with E-state index in [1.165, 1.54) is 46.1 Å². The van der Waals surface area contributed by atoms with Crippen LogP contribution in [0.1, 0.15) is 62.2 Å². The zero-order valence-electron chi connectivity index (χ0n) is 18.9. The number of Topliss-reactive ketones (excluding diaryl/α,β-unsaturated/α-hetero) is 1. The van der Waals surface area contributed by atoms with E-state index in [0.717, 1.165) is 0 Å². The lowest BCUT2D eigenvalue weighted by Crippen LogP contribution is -2.18. The van der Waals surface area contributed by atoms with E-state index in [4.69, 9.17) is 14.2 Å². The first-order chi connectivity index (χ1) is 15.6. The summed E-state index contributed by atoms with van der Waals surface area (Å²) in [6, 6.07) is 8.71. The summed E-state index contributed by atoms with van der Waals surface area (Å²) in [7, 11) is 1.53. The fourth-order valence-electron chi connectivity index (χ4n) is 3.78. The molecule has 7 heteroatoms. The number of nitrogens with zero attached hydrogens (tertiary/aromatic N) is 1. The number of carbonyl (C=O) groups is 2. The molecule has 1 fully saturated rings. The first-order valence-electron chi connectivity index (χ1n) is 11.3. The van der Waals surface area contributed by atoms with Gasteiger partial charge in [0.2, 0.25) is 5.91 Å². The lowest BCUT2D eigenvalue weighted by molar-refractivity contribution is -0.116. The highest BCUT2D eigenvalue weighted by Crippen LogP contribution is 2.29. The van der Waals surface area contributed by atoms with Gasteiger partial charge in [-0.25, -0.2) is 4.98 Å². The number of pyridine rings is 1. The standard InChI is InChI=1S/C25H32N2O5/c1-18(28)20-12-13-21(23(16-20)30-2)31-15-7-11-24(29)27-25-22(10-6-14-26-25)32-17-19-8-4-3-5-9-19/h6,10,12-14,16,19H,3-5,7-9,11,15,17H2,1-2H3,(H,26,27,29). The molecule has 0 atom stereocenters. The molecule has 1 aliphatic carbocycles. The summed E-state index contributed by atoms with van der Waals surface area (Å²) in [6.07, 6.45) is 8.68. The monoisotopic (exact) mass is 440 g/mol. The van der Waals surface area contributed by atoms with Gasteiger partial charge >= 0.3 is 0 Å². The van der Waals surface area contributed by atoms with Gasteiger partial charge in [-0.15, -0.1) is 0 Å². The van der Waals surface area contributed by atoms with Crippen LogP contribution < -0.4 is 19.5 Å². The van der Waals surface area contributed by atoms with Crippen LogP contribution >= 0.6 is 0 Å². The van der Waals surface area contributed by atoms with Crippen molar-refractivity contribution in [3.63, 3.8) is 0 Å². The van der Waals surface area contributed by atoms with Gasteiger partial charge < -0.3 is 19.5 Å². The number of rotatable bonds is 11. The minimum atomic E-state index is -0.145. The lowest BCUT2D eigenvalue weighted by Gasteiger charge is -2.22. The number of hydrogen-bond donors (Lipinski definition) is 1. The Morgan fingerprint density at radius 3 is 2.62 bits per heavy atom. The molecule has 0 radical (unpaired) electrons. The van der Waals surface area contributed by atoms with Crippen LogP contribution in [0.3, 0.4) is 0 Å². The van der Waals surface area contributed by atoms with Crippen LogP contribution in [0.4, 0.5) is 5.82 Å². The van der Waals surface area contributed by atoms with Gasteiger partial charge in [-0.3, -0.25) is 9.59 Å². The molecule has 2 aromatic rings. The highest BCUT2D eigenvalue weighted by Gasteiger charge is 2.16. The molecule has 0 bridgehead atoms. The van der Waals surface area contributed by atoms with Gasteiger partial charge in [-0.05, 0) is 62.4 Å². The third kappa shape index (κ3) is 6.97. The maximum Gasteiger partial charge on any atom is 0.225 e. The van der Waals surface area contributed by atoms with Gasteiger partial charge in [-0.1, -0.05) is 19.3 Å². The number of benzene rings is 1. The quantitative estimate of drug-likeness (QED) is 0.389. The van der Waals surface area contributed by atoms with Gasteiger partial charge in [0.1, 0.15) is 0 Å². The second-order valence-electron chi connectivity index (χ2n) is 8.09. The summed E-state index contributed by atoms with van der Waals surface area (Å²) in [5.41, 5.74) is 0.561. The van der Waals surface area contributed by atoms with Crippen molar-refractivity contribution in [3.05, 3.63) is 42.1 Å². The number of carbonyl (C=O) groups excluding carboxylic acids is 2. The van der Waals surface area contributed by atoms with E-state index in [0.29, 0.717) is 54.2 Å². The van der Waals surface area contributed by atoms with Gasteiger partial charge in [-0.2, -0.15) is 0 Å². The largest absolute Gasteiger partial charge is 0.493 e. The zero-order valence-corrected chi connectivity index (χ0v) is 18.9. The number of hydrogen-bond acceptors (Lipinski definition) is 6. The molecule has 0 spiro atoms. The molecule has 1 N–H and O–H groups in total. The maximum atomic E-state index is 12.4. The molecule has 1 amide bonds. The summed E-state index contributed by atoms with van der Waals surface area (Å²) < 4.78 is 17.0. The third-order valence-electron chi connectivity index (χ3n) is 5.60. The van der Waals surface area contributed by atoms with E-state index in [1.807, 2.05) is 12.1 Å². The summed E-state index contributed by atoms with van der Waals surface area (Å²) >= 11 is 0. The topological polar surface area (TPSA) is 86.8 Å². The van der Waals surface area contributed by atoms with Crippen molar-refractivity contribution in [2.75, 3.05) is 25.6 Å². The van der Waals surface area contributed by atoms with Gasteiger partial charge in [0.15, 0.2) is 28.8 Å². The summed E-state index contributed by atoms with van der Waals surface area (Å²) in [5.74, 6) is 2.49.